The van der Waals surface area contributed by atoms with Crippen LogP contribution in [0.3, 0.4) is 0 Å². The lowest BCUT2D eigenvalue weighted by atomic mass is 10.1. The molecule has 2 aromatic carbocycles. The number of amides is 1. The van der Waals surface area contributed by atoms with E-state index in [1.165, 1.54) is 5.56 Å². The molecular weight excluding hydrogens is 272 g/mol. The first-order valence-electron chi connectivity index (χ1n) is 6.24. The van der Waals surface area contributed by atoms with E-state index in [-0.39, 0.29) is 5.91 Å². The maximum absolute atomic E-state index is 12.0. The normalized spacial score (nSPS) is 11.2. The molecule has 3 nitrogen and oxygen atoms in total. The van der Waals surface area contributed by atoms with Gasteiger partial charge in [0, 0.05) is 0 Å². The Balaban J connectivity index is 2.11. The minimum Gasteiger partial charge on any atom is -0.267 e. The van der Waals surface area contributed by atoms with Crippen LogP contribution in [0.15, 0.2) is 53.6 Å². The van der Waals surface area contributed by atoms with Crippen molar-refractivity contribution < 1.29 is 4.79 Å². The molecule has 0 fully saturated rings. The molecule has 0 saturated heterocycles. The smallest absolute Gasteiger partial charge is 0.267 e. The second-order valence-electron chi connectivity index (χ2n) is 4.48. The number of halogens is 1. The SMILES string of the molecule is C/C(=N/NC(=O)c1ccccc1Cl)c1ccc(C)cc1. The second-order valence-corrected chi connectivity index (χ2v) is 4.89. The number of hydrogen-bond donors (Lipinski definition) is 1. The van der Waals surface area contributed by atoms with E-state index in [0.29, 0.717) is 10.6 Å². The Morgan fingerprint density at radius 1 is 1.10 bits per heavy atom. The van der Waals surface area contributed by atoms with Crippen molar-refractivity contribution in [3.8, 4) is 0 Å². The van der Waals surface area contributed by atoms with Crippen LogP contribution >= 0.6 is 11.6 Å². The minimum atomic E-state index is -0.318. The number of benzene rings is 2. The van der Waals surface area contributed by atoms with Crippen molar-refractivity contribution >= 4 is 23.2 Å². The number of carbonyl (C=O) groups excluding carboxylic acids is 1. The third kappa shape index (κ3) is 3.45. The van der Waals surface area contributed by atoms with Crippen molar-refractivity contribution in [2.45, 2.75) is 13.8 Å². The Labute approximate surface area is 123 Å². The highest BCUT2D eigenvalue weighted by molar-refractivity contribution is 6.33. The topological polar surface area (TPSA) is 41.5 Å². The van der Waals surface area contributed by atoms with Crippen molar-refractivity contribution in [3.05, 3.63) is 70.2 Å². The number of nitrogens with one attached hydrogen (secondary N) is 1. The third-order valence-corrected chi connectivity index (χ3v) is 3.24. The van der Waals surface area contributed by atoms with E-state index < -0.39 is 0 Å². The molecule has 0 bridgehead atoms. The molecule has 2 rings (SSSR count). The lowest BCUT2D eigenvalue weighted by molar-refractivity contribution is 0.0955. The lowest BCUT2D eigenvalue weighted by Gasteiger charge is -2.04. The van der Waals surface area contributed by atoms with Crippen molar-refractivity contribution in [1.82, 2.24) is 5.43 Å². The highest BCUT2D eigenvalue weighted by Crippen LogP contribution is 2.14. The van der Waals surface area contributed by atoms with Gasteiger partial charge in [-0.3, -0.25) is 4.79 Å². The summed E-state index contributed by atoms with van der Waals surface area (Å²) in [4.78, 5) is 12.0. The largest absolute Gasteiger partial charge is 0.272 e. The van der Waals surface area contributed by atoms with Gasteiger partial charge >= 0.3 is 0 Å². The van der Waals surface area contributed by atoms with Gasteiger partial charge in [-0.1, -0.05) is 53.6 Å². The number of rotatable bonds is 3. The lowest BCUT2D eigenvalue weighted by Crippen LogP contribution is -2.19. The fourth-order valence-corrected chi connectivity index (χ4v) is 1.92. The summed E-state index contributed by atoms with van der Waals surface area (Å²) in [6, 6.07) is 14.8. The molecule has 0 atom stereocenters. The Morgan fingerprint density at radius 2 is 1.75 bits per heavy atom. The molecule has 102 valence electrons. The summed E-state index contributed by atoms with van der Waals surface area (Å²) in [5.74, 6) is -0.318. The molecule has 2 aromatic rings. The summed E-state index contributed by atoms with van der Waals surface area (Å²) in [6.45, 7) is 3.87. The maximum Gasteiger partial charge on any atom is 0.272 e. The molecule has 1 N–H and O–H groups in total. The first-order chi connectivity index (χ1) is 9.58. The number of carbonyl (C=O) groups is 1. The van der Waals surface area contributed by atoms with Crippen molar-refractivity contribution in [2.75, 3.05) is 0 Å². The van der Waals surface area contributed by atoms with Crippen molar-refractivity contribution in [3.63, 3.8) is 0 Å². The quantitative estimate of drug-likeness (QED) is 0.677. The van der Waals surface area contributed by atoms with E-state index in [2.05, 4.69) is 10.5 Å². The Hall–Kier alpha value is -2.13. The average molecular weight is 287 g/mol. The summed E-state index contributed by atoms with van der Waals surface area (Å²) < 4.78 is 0. The molecule has 0 aromatic heterocycles. The van der Waals surface area contributed by atoms with Gasteiger partial charge in [0.25, 0.3) is 5.91 Å². The Morgan fingerprint density at radius 3 is 2.40 bits per heavy atom. The molecule has 4 heteroatoms. The zero-order valence-electron chi connectivity index (χ0n) is 11.4. The van der Waals surface area contributed by atoms with E-state index >= 15 is 0 Å². The predicted molar refractivity (Wildman–Crippen MR) is 82.3 cm³/mol. The molecule has 20 heavy (non-hydrogen) atoms. The van der Waals surface area contributed by atoms with Gasteiger partial charge in [-0.2, -0.15) is 5.10 Å². The summed E-state index contributed by atoms with van der Waals surface area (Å²) in [7, 11) is 0. The predicted octanol–water partition coefficient (Wildman–Crippen LogP) is 3.80. The van der Waals surface area contributed by atoms with Crippen LogP contribution in [-0.4, -0.2) is 11.6 Å². The van der Waals surface area contributed by atoms with Gasteiger partial charge in [0.2, 0.25) is 0 Å². The fraction of sp³-hybridized carbons (Fsp3) is 0.125. The average Bonchev–Trinajstić information content (AvgIpc) is 2.45. The van der Waals surface area contributed by atoms with E-state index in [1.54, 1.807) is 24.3 Å². The first-order valence-corrected chi connectivity index (χ1v) is 6.62. The van der Waals surface area contributed by atoms with Crippen LogP contribution in [0.4, 0.5) is 0 Å². The highest BCUT2D eigenvalue weighted by Gasteiger charge is 2.08. The molecule has 1 amide bonds. The standard InChI is InChI=1S/C16H15ClN2O/c1-11-7-9-13(10-8-11)12(2)18-19-16(20)14-5-3-4-6-15(14)17/h3-10H,1-2H3,(H,19,20)/b18-12-. The first kappa shape index (κ1) is 14.3. The van der Waals surface area contributed by atoms with Crippen LogP contribution in [0.25, 0.3) is 0 Å². The molecular formula is C16H15ClN2O. The van der Waals surface area contributed by atoms with Crippen molar-refractivity contribution in [1.29, 1.82) is 0 Å². The summed E-state index contributed by atoms with van der Waals surface area (Å²) in [5, 5.41) is 4.51. The van der Waals surface area contributed by atoms with E-state index in [0.717, 1.165) is 11.3 Å². The highest BCUT2D eigenvalue weighted by atomic mass is 35.5. The van der Waals surface area contributed by atoms with Crippen LogP contribution in [0.2, 0.25) is 5.02 Å². The third-order valence-electron chi connectivity index (χ3n) is 2.91. The van der Waals surface area contributed by atoms with Gasteiger partial charge in [-0.05, 0) is 31.5 Å². The van der Waals surface area contributed by atoms with Gasteiger partial charge in [0.1, 0.15) is 0 Å². The number of hydrogen-bond acceptors (Lipinski definition) is 2. The van der Waals surface area contributed by atoms with E-state index in [4.69, 9.17) is 11.6 Å². The number of aryl methyl sites for hydroxylation is 1. The minimum absolute atomic E-state index is 0.318. The van der Waals surface area contributed by atoms with Crippen molar-refractivity contribution in [2.24, 2.45) is 5.10 Å². The van der Waals surface area contributed by atoms with Gasteiger partial charge in [-0.25, -0.2) is 5.43 Å². The molecule has 0 aliphatic carbocycles. The van der Waals surface area contributed by atoms with Gasteiger partial charge in [0.05, 0.1) is 16.3 Å². The molecule has 0 heterocycles. The summed E-state index contributed by atoms with van der Waals surface area (Å²) >= 11 is 5.96. The monoisotopic (exact) mass is 286 g/mol. The molecule has 0 aliphatic rings. The maximum atomic E-state index is 12.0. The Bertz CT molecular complexity index is 648. The molecule has 0 spiro atoms. The molecule has 0 saturated carbocycles. The summed E-state index contributed by atoms with van der Waals surface area (Å²) in [5.41, 5.74) is 5.82. The van der Waals surface area contributed by atoms with Crippen LogP contribution in [0.5, 0.6) is 0 Å². The second kappa shape index (κ2) is 6.35. The van der Waals surface area contributed by atoms with Gasteiger partial charge < -0.3 is 0 Å². The zero-order valence-corrected chi connectivity index (χ0v) is 12.1. The number of hydrazone groups is 1. The fourth-order valence-electron chi connectivity index (χ4n) is 1.70. The van der Waals surface area contributed by atoms with E-state index in [1.807, 2.05) is 38.1 Å². The molecule has 0 unspecified atom stereocenters. The van der Waals surface area contributed by atoms with Gasteiger partial charge in [-0.15, -0.1) is 0 Å². The Kier molecular flexibility index (Phi) is 4.53. The molecule has 0 aliphatic heterocycles. The van der Waals surface area contributed by atoms with E-state index in [9.17, 15) is 4.79 Å². The van der Waals surface area contributed by atoms with Crippen LogP contribution in [0.1, 0.15) is 28.4 Å². The zero-order chi connectivity index (χ0) is 14.5. The van der Waals surface area contributed by atoms with Crippen LogP contribution in [-0.2, 0) is 0 Å². The van der Waals surface area contributed by atoms with Gasteiger partial charge in [0.15, 0.2) is 0 Å². The summed E-state index contributed by atoms with van der Waals surface area (Å²) in [6.07, 6.45) is 0. The van der Waals surface area contributed by atoms with Crippen LogP contribution < -0.4 is 5.43 Å². The number of nitrogens with zero attached hydrogens (tertiary/aromatic N) is 1. The molecule has 0 radical (unpaired) electrons. The van der Waals surface area contributed by atoms with Crippen LogP contribution in [0, 0.1) is 6.92 Å².